The van der Waals surface area contributed by atoms with Gasteiger partial charge in [-0.2, -0.15) is 0 Å². The van der Waals surface area contributed by atoms with Gasteiger partial charge in [0.25, 0.3) is 14.2 Å². The lowest BCUT2D eigenvalue weighted by molar-refractivity contribution is 0.0990. The zero-order valence-corrected chi connectivity index (χ0v) is 16.0. The number of benzene rings is 1. The molecular formula is C17H26N4O2Si. The van der Waals surface area contributed by atoms with Gasteiger partial charge in [-0.05, 0) is 35.8 Å². The van der Waals surface area contributed by atoms with E-state index in [1.54, 1.807) is 10.9 Å². The first-order valence-electron chi connectivity index (χ1n) is 7.89. The molecule has 0 aliphatic rings. The number of rotatable bonds is 5. The Morgan fingerprint density at radius 2 is 1.83 bits per heavy atom. The minimum absolute atomic E-state index is 0.00263. The van der Waals surface area contributed by atoms with E-state index in [4.69, 9.17) is 15.9 Å². The van der Waals surface area contributed by atoms with Crippen molar-refractivity contribution < 1.29 is 9.22 Å². The Morgan fingerprint density at radius 3 is 2.33 bits per heavy atom. The summed E-state index contributed by atoms with van der Waals surface area (Å²) >= 11 is 0. The van der Waals surface area contributed by atoms with Gasteiger partial charge < -0.3 is 20.5 Å². The number of aromatic nitrogens is 2. The van der Waals surface area contributed by atoms with E-state index in [-0.39, 0.29) is 5.04 Å². The second-order valence-corrected chi connectivity index (χ2v) is 12.2. The monoisotopic (exact) mass is 346 g/mol. The fourth-order valence-corrected chi connectivity index (χ4v) is 2.96. The van der Waals surface area contributed by atoms with Gasteiger partial charge in [-0.1, -0.05) is 32.9 Å². The molecule has 4 N–H and O–H groups in total. The van der Waals surface area contributed by atoms with Gasteiger partial charge >= 0.3 is 0 Å². The van der Waals surface area contributed by atoms with Gasteiger partial charge in [0.05, 0.1) is 6.33 Å². The lowest BCUT2D eigenvalue weighted by Crippen LogP contribution is -2.44. The summed E-state index contributed by atoms with van der Waals surface area (Å²) in [7, 11) is -2.11. The molecule has 1 aromatic carbocycles. The zero-order chi connectivity index (χ0) is 18.1. The van der Waals surface area contributed by atoms with Gasteiger partial charge in [0, 0.05) is 12.2 Å². The first-order valence-corrected chi connectivity index (χ1v) is 10.8. The van der Waals surface area contributed by atoms with E-state index in [9.17, 15) is 4.79 Å². The maximum absolute atomic E-state index is 12.0. The number of hydrogen-bond donors (Lipinski definition) is 2. The van der Waals surface area contributed by atoms with Crippen molar-refractivity contribution in [2.24, 2.45) is 5.73 Å². The summed E-state index contributed by atoms with van der Waals surface area (Å²) < 4.78 is 7.90. The van der Waals surface area contributed by atoms with Gasteiger partial charge in [0.15, 0.2) is 5.69 Å². The van der Waals surface area contributed by atoms with E-state index in [0.29, 0.717) is 23.8 Å². The normalized spacial score (nSPS) is 12.2. The van der Waals surface area contributed by atoms with Crippen molar-refractivity contribution in [3.63, 3.8) is 0 Å². The second-order valence-electron chi connectivity index (χ2n) is 7.49. The van der Waals surface area contributed by atoms with E-state index in [1.807, 2.05) is 24.3 Å². The topological polar surface area (TPSA) is 96.2 Å². The molecule has 0 fully saturated rings. The van der Waals surface area contributed by atoms with E-state index >= 15 is 0 Å². The molecule has 1 aromatic heterocycles. The number of imidazole rings is 1. The number of hydrogen-bond acceptors (Lipinski definition) is 4. The molecule has 0 aliphatic heterocycles. The van der Waals surface area contributed by atoms with E-state index in [2.05, 4.69) is 38.8 Å². The number of carbonyl (C=O) groups is 1. The molecule has 0 bridgehead atoms. The van der Waals surface area contributed by atoms with Gasteiger partial charge in [0.2, 0.25) is 5.88 Å². The molecule has 0 aliphatic carbocycles. The Morgan fingerprint density at radius 1 is 1.25 bits per heavy atom. The van der Waals surface area contributed by atoms with Crippen LogP contribution >= 0.6 is 0 Å². The SMILES string of the molecule is CC(C)(C)[Si](C)(C)Oc1ncn(Cc2ccc(N)cc2)c1C(N)=O. The molecule has 0 saturated carbocycles. The van der Waals surface area contributed by atoms with Crippen molar-refractivity contribution in [2.75, 3.05) is 5.73 Å². The van der Waals surface area contributed by atoms with E-state index < -0.39 is 14.2 Å². The average molecular weight is 347 g/mol. The maximum Gasteiger partial charge on any atom is 0.270 e. The molecule has 1 heterocycles. The number of nitrogen functional groups attached to an aromatic ring is 1. The van der Waals surface area contributed by atoms with Crippen LogP contribution in [0.1, 0.15) is 36.8 Å². The lowest BCUT2D eigenvalue weighted by atomic mass is 10.2. The molecule has 0 unspecified atom stereocenters. The second kappa shape index (κ2) is 6.31. The van der Waals surface area contributed by atoms with Crippen LogP contribution in [0.2, 0.25) is 18.1 Å². The molecule has 2 rings (SSSR count). The summed E-state index contributed by atoms with van der Waals surface area (Å²) in [6.45, 7) is 11.1. The van der Waals surface area contributed by atoms with Crippen LogP contribution in [0.15, 0.2) is 30.6 Å². The minimum Gasteiger partial charge on any atom is -0.529 e. The Labute approximate surface area is 144 Å². The van der Waals surface area contributed by atoms with E-state index in [1.165, 1.54) is 0 Å². The standard InChI is InChI=1S/C17H26N4O2Si/c1-17(2,3)24(4,5)23-16-14(15(19)22)21(11-20-16)10-12-6-8-13(18)9-7-12/h6-9,11H,10,18H2,1-5H3,(H2,19,22). The maximum atomic E-state index is 12.0. The quantitative estimate of drug-likeness (QED) is 0.642. The third-order valence-corrected chi connectivity index (χ3v) is 8.84. The first kappa shape index (κ1) is 18.1. The average Bonchev–Trinajstić information content (AvgIpc) is 2.82. The highest BCUT2D eigenvalue weighted by Gasteiger charge is 2.40. The largest absolute Gasteiger partial charge is 0.529 e. The molecule has 130 valence electrons. The zero-order valence-electron chi connectivity index (χ0n) is 15.0. The number of carbonyl (C=O) groups excluding carboxylic acids is 1. The summed E-state index contributed by atoms with van der Waals surface area (Å²) in [4.78, 5) is 16.3. The highest BCUT2D eigenvalue weighted by atomic mass is 28.4. The summed E-state index contributed by atoms with van der Waals surface area (Å²) in [6, 6.07) is 7.47. The lowest BCUT2D eigenvalue weighted by Gasteiger charge is -2.35. The van der Waals surface area contributed by atoms with Crippen LogP contribution in [0.5, 0.6) is 5.88 Å². The molecule has 2 aromatic rings. The fourth-order valence-electron chi connectivity index (χ4n) is 2.02. The number of nitrogens with zero attached hydrogens (tertiary/aromatic N) is 2. The van der Waals surface area contributed by atoms with Crippen molar-refractivity contribution in [3.05, 3.63) is 41.9 Å². The van der Waals surface area contributed by atoms with Crippen molar-refractivity contribution in [1.82, 2.24) is 9.55 Å². The van der Waals surface area contributed by atoms with Gasteiger partial charge in [-0.25, -0.2) is 4.98 Å². The molecule has 0 atom stereocenters. The number of anilines is 1. The molecule has 24 heavy (non-hydrogen) atoms. The summed E-state index contributed by atoms with van der Waals surface area (Å²) in [5.41, 5.74) is 13.3. The third kappa shape index (κ3) is 3.79. The van der Waals surface area contributed by atoms with Crippen LogP contribution in [0, 0.1) is 0 Å². The Hall–Kier alpha value is -2.28. The molecule has 0 radical (unpaired) electrons. The predicted octanol–water partition coefficient (Wildman–Crippen LogP) is 3.00. The molecular weight excluding hydrogens is 320 g/mol. The Kier molecular flexibility index (Phi) is 4.75. The number of primary amides is 1. The highest BCUT2D eigenvalue weighted by Crippen LogP contribution is 2.37. The van der Waals surface area contributed by atoms with Crippen molar-refractivity contribution in [3.8, 4) is 5.88 Å². The van der Waals surface area contributed by atoms with E-state index in [0.717, 1.165) is 5.56 Å². The highest BCUT2D eigenvalue weighted by molar-refractivity contribution is 6.74. The molecule has 1 amide bonds. The smallest absolute Gasteiger partial charge is 0.270 e. The number of nitrogens with two attached hydrogens (primary N) is 2. The van der Waals surface area contributed by atoms with Crippen molar-refractivity contribution >= 4 is 19.9 Å². The Balaban J connectivity index is 2.34. The van der Waals surface area contributed by atoms with Gasteiger partial charge in [0.1, 0.15) is 0 Å². The van der Waals surface area contributed by atoms with Crippen LogP contribution in [-0.2, 0) is 6.54 Å². The molecule has 0 spiro atoms. The first-order chi connectivity index (χ1) is 11.0. The fraction of sp³-hybridized carbons (Fsp3) is 0.412. The molecule has 7 heteroatoms. The predicted molar refractivity (Wildman–Crippen MR) is 98.5 cm³/mol. The van der Waals surface area contributed by atoms with Crippen molar-refractivity contribution in [1.29, 1.82) is 0 Å². The molecule has 0 saturated heterocycles. The summed E-state index contributed by atoms with van der Waals surface area (Å²) in [5.74, 6) is -0.221. The number of amides is 1. The van der Waals surface area contributed by atoms with Crippen LogP contribution in [0.4, 0.5) is 5.69 Å². The van der Waals surface area contributed by atoms with Crippen LogP contribution in [0.25, 0.3) is 0 Å². The van der Waals surface area contributed by atoms with Gasteiger partial charge in [-0.3, -0.25) is 4.79 Å². The minimum atomic E-state index is -2.11. The summed E-state index contributed by atoms with van der Waals surface area (Å²) in [6.07, 6.45) is 1.60. The third-order valence-electron chi connectivity index (χ3n) is 4.53. The van der Waals surface area contributed by atoms with Crippen LogP contribution in [0.3, 0.4) is 0 Å². The molecule has 6 nitrogen and oxygen atoms in total. The Bertz CT molecular complexity index is 730. The summed E-state index contributed by atoms with van der Waals surface area (Å²) in [5, 5.41) is 0.00263. The van der Waals surface area contributed by atoms with Crippen LogP contribution < -0.4 is 15.9 Å². The van der Waals surface area contributed by atoms with Crippen LogP contribution in [-0.4, -0.2) is 23.8 Å². The van der Waals surface area contributed by atoms with Crippen molar-refractivity contribution in [2.45, 2.75) is 45.4 Å². The van der Waals surface area contributed by atoms with Gasteiger partial charge in [-0.15, -0.1) is 0 Å².